The third-order valence-electron chi connectivity index (χ3n) is 5.23. The molecular formula is C20H23ClN4O2. The highest BCUT2D eigenvalue weighted by Crippen LogP contribution is 2.34. The van der Waals surface area contributed by atoms with Gasteiger partial charge in [-0.05, 0) is 37.9 Å². The first-order valence-corrected chi connectivity index (χ1v) is 8.86. The van der Waals surface area contributed by atoms with Crippen molar-refractivity contribution in [3.8, 4) is 0 Å². The number of fused-ring (bicyclic) bond motifs is 1. The fourth-order valence-corrected chi connectivity index (χ4v) is 3.91. The van der Waals surface area contributed by atoms with E-state index in [-0.39, 0.29) is 30.2 Å². The number of nitrogens with zero attached hydrogens (tertiary/aromatic N) is 3. The van der Waals surface area contributed by atoms with Crippen molar-refractivity contribution in [1.29, 1.82) is 0 Å². The molecule has 1 aliphatic rings. The SMILES string of the molecule is Cc1cc(C(=O)N2C[C@@H](CN)[C@H](c3ccccc3)C2)c2c(C)noc2n1.Cl. The molecular weight excluding hydrogens is 364 g/mol. The molecule has 4 rings (SSSR count). The third kappa shape index (κ3) is 3.42. The number of nitrogens with two attached hydrogens (primary N) is 1. The van der Waals surface area contributed by atoms with Gasteiger partial charge in [-0.25, -0.2) is 4.98 Å². The first-order chi connectivity index (χ1) is 12.6. The van der Waals surface area contributed by atoms with Gasteiger partial charge in [-0.3, -0.25) is 4.79 Å². The summed E-state index contributed by atoms with van der Waals surface area (Å²) in [6.07, 6.45) is 0. The molecule has 1 aliphatic heterocycles. The second kappa shape index (κ2) is 7.66. The summed E-state index contributed by atoms with van der Waals surface area (Å²) in [7, 11) is 0. The van der Waals surface area contributed by atoms with Crippen molar-refractivity contribution in [2.24, 2.45) is 11.7 Å². The number of aryl methyl sites for hydroxylation is 2. The highest BCUT2D eigenvalue weighted by Gasteiger charge is 2.36. The van der Waals surface area contributed by atoms with E-state index in [0.717, 1.165) is 5.69 Å². The van der Waals surface area contributed by atoms with Crippen LogP contribution in [-0.4, -0.2) is 40.6 Å². The zero-order chi connectivity index (χ0) is 18.3. The molecule has 0 bridgehead atoms. The molecule has 1 amide bonds. The summed E-state index contributed by atoms with van der Waals surface area (Å²) in [6.45, 7) is 5.56. The first-order valence-electron chi connectivity index (χ1n) is 8.86. The fraction of sp³-hybridized carbons (Fsp3) is 0.350. The van der Waals surface area contributed by atoms with Crippen molar-refractivity contribution in [3.05, 3.63) is 58.9 Å². The summed E-state index contributed by atoms with van der Waals surface area (Å²) >= 11 is 0. The molecule has 27 heavy (non-hydrogen) atoms. The smallest absolute Gasteiger partial charge is 0.258 e. The lowest BCUT2D eigenvalue weighted by Gasteiger charge is -2.17. The van der Waals surface area contributed by atoms with Crippen molar-refractivity contribution in [2.45, 2.75) is 19.8 Å². The highest BCUT2D eigenvalue weighted by atomic mass is 35.5. The lowest BCUT2D eigenvalue weighted by molar-refractivity contribution is 0.0788. The number of hydrogen-bond acceptors (Lipinski definition) is 5. The van der Waals surface area contributed by atoms with Crippen LogP contribution in [0.4, 0.5) is 0 Å². The van der Waals surface area contributed by atoms with Crippen molar-refractivity contribution in [1.82, 2.24) is 15.0 Å². The van der Waals surface area contributed by atoms with Crippen LogP contribution < -0.4 is 5.73 Å². The molecule has 0 radical (unpaired) electrons. The lowest BCUT2D eigenvalue weighted by Crippen LogP contribution is -2.30. The molecule has 7 heteroatoms. The molecule has 0 unspecified atom stereocenters. The number of amides is 1. The summed E-state index contributed by atoms with van der Waals surface area (Å²) < 4.78 is 5.26. The molecule has 0 saturated carbocycles. The Morgan fingerprint density at radius 3 is 2.70 bits per heavy atom. The minimum Gasteiger partial charge on any atom is -0.338 e. The summed E-state index contributed by atoms with van der Waals surface area (Å²) in [6, 6.07) is 12.1. The molecule has 2 aromatic heterocycles. The van der Waals surface area contributed by atoms with E-state index in [9.17, 15) is 4.79 Å². The van der Waals surface area contributed by atoms with Crippen LogP contribution in [-0.2, 0) is 0 Å². The molecule has 2 atom stereocenters. The number of pyridine rings is 1. The molecule has 1 aromatic carbocycles. The Morgan fingerprint density at radius 1 is 1.26 bits per heavy atom. The molecule has 2 N–H and O–H groups in total. The van der Waals surface area contributed by atoms with E-state index in [0.29, 0.717) is 42.0 Å². The maximum Gasteiger partial charge on any atom is 0.258 e. The number of rotatable bonds is 3. The van der Waals surface area contributed by atoms with Crippen molar-refractivity contribution < 1.29 is 9.32 Å². The molecule has 1 saturated heterocycles. The van der Waals surface area contributed by atoms with Crippen LogP contribution in [0.5, 0.6) is 0 Å². The Kier molecular flexibility index (Phi) is 5.48. The van der Waals surface area contributed by atoms with Gasteiger partial charge in [-0.1, -0.05) is 35.5 Å². The normalized spacial score (nSPS) is 19.3. The van der Waals surface area contributed by atoms with E-state index < -0.39 is 0 Å². The molecule has 142 valence electrons. The van der Waals surface area contributed by atoms with Crippen LogP contribution >= 0.6 is 12.4 Å². The van der Waals surface area contributed by atoms with E-state index in [2.05, 4.69) is 22.3 Å². The maximum atomic E-state index is 13.3. The van der Waals surface area contributed by atoms with Gasteiger partial charge in [0, 0.05) is 24.7 Å². The quantitative estimate of drug-likeness (QED) is 0.747. The van der Waals surface area contributed by atoms with Crippen LogP contribution in [0.15, 0.2) is 40.9 Å². The Labute approximate surface area is 164 Å². The number of carbonyl (C=O) groups is 1. The molecule has 6 nitrogen and oxygen atoms in total. The highest BCUT2D eigenvalue weighted by molar-refractivity contribution is 6.06. The van der Waals surface area contributed by atoms with E-state index >= 15 is 0 Å². The second-order valence-corrected chi connectivity index (χ2v) is 6.98. The Hall–Kier alpha value is -2.44. The number of aromatic nitrogens is 2. The number of carbonyl (C=O) groups excluding carboxylic acids is 1. The van der Waals surface area contributed by atoms with Gasteiger partial charge in [-0.15, -0.1) is 12.4 Å². The van der Waals surface area contributed by atoms with Crippen LogP contribution in [0, 0.1) is 19.8 Å². The predicted octanol–water partition coefficient (Wildman–Crippen LogP) is 3.08. The van der Waals surface area contributed by atoms with E-state index in [1.54, 1.807) is 0 Å². The lowest BCUT2D eigenvalue weighted by atomic mass is 9.89. The van der Waals surface area contributed by atoms with Crippen molar-refractivity contribution in [3.63, 3.8) is 0 Å². The van der Waals surface area contributed by atoms with E-state index in [1.807, 2.05) is 43.0 Å². The number of hydrogen-bond donors (Lipinski definition) is 1. The van der Waals surface area contributed by atoms with Crippen LogP contribution in [0.3, 0.4) is 0 Å². The summed E-state index contributed by atoms with van der Waals surface area (Å²) in [5, 5.41) is 4.67. The van der Waals surface area contributed by atoms with Crippen molar-refractivity contribution in [2.75, 3.05) is 19.6 Å². The molecule has 0 spiro atoms. The third-order valence-corrected chi connectivity index (χ3v) is 5.23. The van der Waals surface area contributed by atoms with Gasteiger partial charge in [-0.2, -0.15) is 0 Å². The van der Waals surface area contributed by atoms with Gasteiger partial charge < -0.3 is 15.2 Å². The van der Waals surface area contributed by atoms with Gasteiger partial charge in [0.05, 0.1) is 16.6 Å². The predicted molar refractivity (Wildman–Crippen MR) is 106 cm³/mol. The summed E-state index contributed by atoms with van der Waals surface area (Å²) in [5.74, 6) is 0.499. The molecule has 0 aliphatic carbocycles. The Bertz CT molecular complexity index is 957. The number of likely N-dealkylation sites (tertiary alicyclic amines) is 1. The zero-order valence-corrected chi connectivity index (χ0v) is 16.2. The average Bonchev–Trinajstić information content (AvgIpc) is 3.25. The summed E-state index contributed by atoms with van der Waals surface area (Å²) in [5.41, 5.74) is 9.69. The zero-order valence-electron chi connectivity index (χ0n) is 15.4. The maximum absolute atomic E-state index is 13.3. The van der Waals surface area contributed by atoms with Gasteiger partial charge >= 0.3 is 0 Å². The summed E-state index contributed by atoms with van der Waals surface area (Å²) in [4.78, 5) is 19.5. The molecule has 3 heterocycles. The second-order valence-electron chi connectivity index (χ2n) is 6.98. The van der Waals surface area contributed by atoms with E-state index in [1.165, 1.54) is 5.56 Å². The minimum absolute atomic E-state index is 0. The van der Waals surface area contributed by atoms with Gasteiger partial charge in [0.1, 0.15) is 0 Å². The van der Waals surface area contributed by atoms with Crippen LogP contribution in [0.2, 0.25) is 0 Å². The number of benzene rings is 1. The standard InChI is InChI=1S/C20H22N4O2.ClH/c1-12-8-16(18-13(2)23-26-19(18)22-12)20(25)24-10-15(9-21)17(11-24)14-6-4-3-5-7-14;/h3-8,15,17H,9-11,21H2,1-2H3;1H/t15-,17+;/m1./s1. The minimum atomic E-state index is -0.0105. The van der Waals surface area contributed by atoms with E-state index in [4.69, 9.17) is 10.3 Å². The largest absolute Gasteiger partial charge is 0.338 e. The molecule has 3 aromatic rings. The Morgan fingerprint density at radius 2 is 2.00 bits per heavy atom. The van der Waals surface area contributed by atoms with Gasteiger partial charge in [0.25, 0.3) is 11.6 Å². The van der Waals surface area contributed by atoms with Crippen LogP contribution in [0.1, 0.15) is 33.2 Å². The number of halogens is 1. The van der Waals surface area contributed by atoms with Gasteiger partial charge in [0.15, 0.2) is 0 Å². The fourth-order valence-electron chi connectivity index (χ4n) is 3.91. The molecule has 1 fully saturated rings. The monoisotopic (exact) mass is 386 g/mol. The van der Waals surface area contributed by atoms with Crippen molar-refractivity contribution >= 4 is 29.4 Å². The first kappa shape index (κ1) is 19.3. The topological polar surface area (TPSA) is 85.2 Å². The Balaban J connectivity index is 0.00000210. The van der Waals surface area contributed by atoms with Crippen LogP contribution in [0.25, 0.3) is 11.1 Å². The van der Waals surface area contributed by atoms with Gasteiger partial charge in [0.2, 0.25) is 0 Å². The average molecular weight is 387 g/mol.